The lowest BCUT2D eigenvalue weighted by molar-refractivity contribution is -0.122. The maximum atomic E-state index is 11.6. The molecule has 0 aromatic heterocycles. The number of carbonyl (C=O) groups is 1. The summed E-state index contributed by atoms with van der Waals surface area (Å²) in [4.78, 5) is 11.6. The summed E-state index contributed by atoms with van der Waals surface area (Å²) in [6.45, 7) is 7.30. The summed E-state index contributed by atoms with van der Waals surface area (Å²) in [5, 5.41) is 15.8. The van der Waals surface area contributed by atoms with Crippen LogP contribution in [0.15, 0.2) is 0 Å². The molecule has 1 aliphatic rings. The van der Waals surface area contributed by atoms with E-state index in [1.54, 1.807) is 0 Å². The minimum atomic E-state index is -0.499. The van der Waals surface area contributed by atoms with Crippen molar-refractivity contribution in [3.05, 3.63) is 0 Å². The van der Waals surface area contributed by atoms with Gasteiger partial charge in [-0.2, -0.15) is 0 Å². The predicted molar refractivity (Wildman–Crippen MR) is 79.6 cm³/mol. The lowest BCUT2D eigenvalue weighted by Crippen LogP contribution is -2.42. The van der Waals surface area contributed by atoms with Crippen molar-refractivity contribution < 1.29 is 14.6 Å². The van der Waals surface area contributed by atoms with E-state index in [2.05, 4.69) is 10.6 Å². The first-order valence-corrected chi connectivity index (χ1v) is 7.68. The van der Waals surface area contributed by atoms with Crippen molar-refractivity contribution in [1.29, 1.82) is 0 Å². The monoisotopic (exact) mass is 286 g/mol. The zero-order valence-corrected chi connectivity index (χ0v) is 13.1. The number of rotatable bonds is 8. The number of carbonyl (C=O) groups excluding carboxylic acids is 1. The van der Waals surface area contributed by atoms with Gasteiger partial charge >= 0.3 is 0 Å². The number of amides is 1. The third kappa shape index (κ3) is 8.51. The normalized spacial score (nSPS) is 18.2. The van der Waals surface area contributed by atoms with Crippen LogP contribution in [-0.4, -0.2) is 48.5 Å². The SMILES string of the molecule is CC(C)(C)NC(=O)CCNCC(O)COC1CCCC1. The molecule has 5 nitrogen and oxygen atoms in total. The zero-order valence-electron chi connectivity index (χ0n) is 13.1. The number of nitrogens with one attached hydrogen (secondary N) is 2. The quantitative estimate of drug-likeness (QED) is 0.586. The van der Waals surface area contributed by atoms with Crippen LogP contribution >= 0.6 is 0 Å². The summed E-state index contributed by atoms with van der Waals surface area (Å²) in [6, 6.07) is 0. The summed E-state index contributed by atoms with van der Waals surface area (Å²) in [5.41, 5.74) is -0.189. The van der Waals surface area contributed by atoms with Gasteiger partial charge in [0.15, 0.2) is 0 Å². The molecule has 1 atom stereocenters. The Balaban J connectivity index is 1.98. The standard InChI is InChI=1S/C15H30N2O3/c1-15(2,3)17-14(19)8-9-16-10-12(18)11-20-13-6-4-5-7-13/h12-13,16,18H,4-11H2,1-3H3,(H,17,19). The van der Waals surface area contributed by atoms with Crippen molar-refractivity contribution in [2.24, 2.45) is 0 Å². The van der Waals surface area contributed by atoms with Crippen molar-refractivity contribution in [3.8, 4) is 0 Å². The summed E-state index contributed by atoms with van der Waals surface area (Å²) < 4.78 is 5.64. The van der Waals surface area contributed by atoms with Crippen LogP contribution in [-0.2, 0) is 9.53 Å². The highest BCUT2D eigenvalue weighted by Crippen LogP contribution is 2.20. The van der Waals surface area contributed by atoms with Gasteiger partial charge < -0.3 is 20.5 Å². The molecule has 0 heterocycles. The molecule has 1 aliphatic carbocycles. The lowest BCUT2D eigenvalue weighted by atomic mass is 10.1. The fraction of sp³-hybridized carbons (Fsp3) is 0.933. The largest absolute Gasteiger partial charge is 0.389 e. The molecular formula is C15H30N2O3. The van der Waals surface area contributed by atoms with Gasteiger partial charge in [-0.25, -0.2) is 0 Å². The minimum absolute atomic E-state index is 0.0293. The average molecular weight is 286 g/mol. The molecule has 118 valence electrons. The molecule has 0 aliphatic heterocycles. The first-order chi connectivity index (χ1) is 9.37. The molecule has 1 amide bonds. The third-order valence-corrected chi connectivity index (χ3v) is 3.25. The Morgan fingerprint density at radius 3 is 2.60 bits per heavy atom. The first kappa shape index (κ1) is 17.4. The van der Waals surface area contributed by atoms with Gasteiger partial charge in [-0.15, -0.1) is 0 Å². The van der Waals surface area contributed by atoms with E-state index in [0.29, 0.717) is 32.2 Å². The second-order valence-electron chi connectivity index (χ2n) is 6.65. The average Bonchev–Trinajstić information content (AvgIpc) is 2.83. The second-order valence-corrected chi connectivity index (χ2v) is 6.65. The molecule has 0 radical (unpaired) electrons. The summed E-state index contributed by atoms with van der Waals surface area (Å²) in [5.74, 6) is 0.0293. The highest BCUT2D eigenvalue weighted by molar-refractivity contribution is 5.76. The Hall–Kier alpha value is -0.650. The van der Waals surface area contributed by atoms with Crippen LogP contribution in [0.25, 0.3) is 0 Å². The summed E-state index contributed by atoms with van der Waals surface area (Å²) in [6.07, 6.45) is 4.97. The first-order valence-electron chi connectivity index (χ1n) is 7.68. The molecule has 1 unspecified atom stereocenters. The maximum absolute atomic E-state index is 11.6. The van der Waals surface area contributed by atoms with E-state index in [4.69, 9.17) is 4.74 Å². The predicted octanol–water partition coefficient (Wildman–Crippen LogP) is 1.20. The van der Waals surface area contributed by atoms with E-state index in [0.717, 1.165) is 12.8 Å². The van der Waals surface area contributed by atoms with Crippen molar-refractivity contribution in [2.45, 2.75) is 70.6 Å². The lowest BCUT2D eigenvalue weighted by Gasteiger charge is -2.20. The summed E-state index contributed by atoms with van der Waals surface area (Å²) in [7, 11) is 0. The summed E-state index contributed by atoms with van der Waals surface area (Å²) >= 11 is 0. The van der Waals surface area contributed by atoms with Gasteiger partial charge in [-0.05, 0) is 33.6 Å². The van der Waals surface area contributed by atoms with Gasteiger partial charge in [-0.3, -0.25) is 4.79 Å². The van der Waals surface area contributed by atoms with E-state index in [-0.39, 0.29) is 11.4 Å². The van der Waals surface area contributed by atoms with Gasteiger partial charge in [0, 0.05) is 25.0 Å². The number of ether oxygens (including phenoxy) is 1. The Labute approximate surface area is 122 Å². The fourth-order valence-electron chi connectivity index (χ4n) is 2.31. The van der Waals surface area contributed by atoms with E-state index >= 15 is 0 Å². The maximum Gasteiger partial charge on any atom is 0.221 e. The molecular weight excluding hydrogens is 256 g/mol. The fourth-order valence-corrected chi connectivity index (χ4v) is 2.31. The topological polar surface area (TPSA) is 70.6 Å². The molecule has 0 aromatic carbocycles. The van der Waals surface area contributed by atoms with Crippen LogP contribution < -0.4 is 10.6 Å². The molecule has 0 aromatic rings. The third-order valence-electron chi connectivity index (χ3n) is 3.25. The highest BCUT2D eigenvalue weighted by Gasteiger charge is 2.17. The van der Waals surface area contributed by atoms with Crippen LogP contribution in [0.3, 0.4) is 0 Å². The molecule has 1 saturated carbocycles. The smallest absolute Gasteiger partial charge is 0.221 e. The van der Waals surface area contributed by atoms with Gasteiger partial charge in [-0.1, -0.05) is 12.8 Å². The van der Waals surface area contributed by atoms with Crippen LogP contribution in [0.5, 0.6) is 0 Å². The Morgan fingerprint density at radius 1 is 1.35 bits per heavy atom. The number of aliphatic hydroxyl groups is 1. The molecule has 0 saturated heterocycles. The van der Waals surface area contributed by atoms with E-state index < -0.39 is 6.10 Å². The number of hydrogen-bond donors (Lipinski definition) is 3. The van der Waals surface area contributed by atoms with E-state index in [1.165, 1.54) is 12.8 Å². The molecule has 20 heavy (non-hydrogen) atoms. The van der Waals surface area contributed by atoms with Gasteiger partial charge in [0.2, 0.25) is 5.91 Å². The van der Waals surface area contributed by atoms with Gasteiger partial charge in [0.1, 0.15) is 0 Å². The Kier molecular flexibility index (Phi) is 7.48. The van der Waals surface area contributed by atoms with Crippen LogP contribution in [0.1, 0.15) is 52.9 Å². The highest BCUT2D eigenvalue weighted by atomic mass is 16.5. The van der Waals surface area contributed by atoms with Crippen LogP contribution in [0.4, 0.5) is 0 Å². The molecule has 3 N–H and O–H groups in total. The van der Waals surface area contributed by atoms with E-state index in [9.17, 15) is 9.90 Å². The number of hydrogen-bond acceptors (Lipinski definition) is 4. The molecule has 0 bridgehead atoms. The van der Waals surface area contributed by atoms with Crippen LogP contribution in [0, 0.1) is 0 Å². The minimum Gasteiger partial charge on any atom is -0.389 e. The van der Waals surface area contributed by atoms with Gasteiger partial charge in [0.05, 0.1) is 18.8 Å². The number of aliphatic hydroxyl groups excluding tert-OH is 1. The molecule has 1 fully saturated rings. The van der Waals surface area contributed by atoms with Crippen LogP contribution in [0.2, 0.25) is 0 Å². The molecule has 1 rings (SSSR count). The second kappa shape index (κ2) is 8.60. The van der Waals surface area contributed by atoms with Crippen molar-refractivity contribution in [2.75, 3.05) is 19.7 Å². The van der Waals surface area contributed by atoms with E-state index in [1.807, 2.05) is 20.8 Å². The zero-order chi connectivity index (χ0) is 15.0. The Morgan fingerprint density at radius 2 is 2.00 bits per heavy atom. The van der Waals surface area contributed by atoms with Crippen molar-refractivity contribution in [1.82, 2.24) is 10.6 Å². The molecule has 0 spiro atoms. The van der Waals surface area contributed by atoms with Crippen molar-refractivity contribution in [3.63, 3.8) is 0 Å². The Bertz CT molecular complexity index is 283. The molecule has 5 heteroatoms. The van der Waals surface area contributed by atoms with Crippen molar-refractivity contribution >= 4 is 5.91 Å². The van der Waals surface area contributed by atoms with Gasteiger partial charge in [0.25, 0.3) is 0 Å².